The van der Waals surface area contributed by atoms with Crippen molar-refractivity contribution < 1.29 is 9.53 Å². The lowest BCUT2D eigenvalue weighted by Crippen LogP contribution is -2.43. The van der Waals surface area contributed by atoms with Crippen molar-refractivity contribution >= 4 is 17.7 Å². The molecule has 1 aromatic heterocycles. The van der Waals surface area contributed by atoms with Crippen molar-refractivity contribution in [1.82, 2.24) is 19.7 Å². The number of carbonyl (C=O) groups is 1. The molecule has 1 aliphatic heterocycles. The predicted octanol–water partition coefficient (Wildman–Crippen LogP) is 5.31. The Hall–Kier alpha value is -3.06. The maximum absolute atomic E-state index is 12.8. The molecule has 1 amide bonds. The number of rotatable bonds is 9. The lowest BCUT2D eigenvalue weighted by atomic mass is 9.92. The SMILES string of the molecule is C=CCn1c(COc2ccccc2-c2ccccc2)nnc1SCC(=O)N1C[C@H](C)C[C@@H](C)C1. The van der Waals surface area contributed by atoms with E-state index >= 15 is 0 Å². The molecular formula is C27H32N4O2S. The first-order chi connectivity index (χ1) is 16.5. The fourth-order valence-corrected chi connectivity index (χ4v) is 5.39. The van der Waals surface area contributed by atoms with Crippen LogP contribution in [0.1, 0.15) is 26.1 Å². The van der Waals surface area contributed by atoms with E-state index in [1.54, 1.807) is 0 Å². The molecule has 1 aliphatic rings. The number of aromatic nitrogens is 3. The quantitative estimate of drug-likeness (QED) is 0.310. The van der Waals surface area contributed by atoms with Gasteiger partial charge >= 0.3 is 0 Å². The van der Waals surface area contributed by atoms with Crippen LogP contribution in [0.4, 0.5) is 0 Å². The minimum Gasteiger partial charge on any atom is -0.485 e. The zero-order chi connectivity index (χ0) is 23.9. The number of nitrogens with zero attached hydrogens (tertiary/aromatic N) is 4. The van der Waals surface area contributed by atoms with Gasteiger partial charge in [0.05, 0.1) is 5.75 Å². The topological polar surface area (TPSA) is 60.2 Å². The summed E-state index contributed by atoms with van der Waals surface area (Å²) in [6.45, 7) is 10.8. The van der Waals surface area contributed by atoms with Gasteiger partial charge in [-0.25, -0.2) is 0 Å². The second-order valence-corrected chi connectivity index (χ2v) is 9.92. The normalized spacial score (nSPS) is 18.0. The average molecular weight is 477 g/mol. The lowest BCUT2D eigenvalue weighted by Gasteiger charge is -2.34. The van der Waals surface area contributed by atoms with Gasteiger partial charge in [0.2, 0.25) is 5.91 Å². The van der Waals surface area contributed by atoms with Gasteiger partial charge in [0.1, 0.15) is 12.4 Å². The highest BCUT2D eigenvalue weighted by Gasteiger charge is 2.26. The van der Waals surface area contributed by atoms with Gasteiger partial charge in [0.15, 0.2) is 11.0 Å². The Labute approximate surface area is 206 Å². The van der Waals surface area contributed by atoms with Crippen molar-refractivity contribution in [2.24, 2.45) is 11.8 Å². The van der Waals surface area contributed by atoms with Crippen LogP contribution in [0.25, 0.3) is 11.1 Å². The molecule has 6 nitrogen and oxygen atoms in total. The van der Waals surface area contributed by atoms with Gasteiger partial charge in [-0.3, -0.25) is 9.36 Å². The Balaban J connectivity index is 1.43. The molecule has 0 radical (unpaired) electrons. The molecule has 2 heterocycles. The van der Waals surface area contributed by atoms with Crippen LogP contribution in [0.5, 0.6) is 5.75 Å². The van der Waals surface area contributed by atoms with Crippen molar-refractivity contribution in [3.63, 3.8) is 0 Å². The molecule has 7 heteroatoms. The minimum atomic E-state index is 0.158. The van der Waals surface area contributed by atoms with E-state index in [4.69, 9.17) is 4.74 Å². The number of likely N-dealkylation sites (tertiary alicyclic amines) is 1. The fraction of sp³-hybridized carbons (Fsp3) is 0.370. The van der Waals surface area contributed by atoms with Gasteiger partial charge in [-0.2, -0.15) is 0 Å². The van der Waals surface area contributed by atoms with Crippen LogP contribution in [-0.4, -0.2) is 44.4 Å². The summed E-state index contributed by atoms with van der Waals surface area (Å²) in [5, 5.41) is 9.42. The molecule has 34 heavy (non-hydrogen) atoms. The Morgan fingerprint density at radius 3 is 2.53 bits per heavy atom. The van der Waals surface area contributed by atoms with Crippen LogP contribution in [0.2, 0.25) is 0 Å². The number of para-hydroxylation sites is 1. The van der Waals surface area contributed by atoms with E-state index in [0.29, 0.717) is 35.1 Å². The Bertz CT molecular complexity index is 1100. The van der Waals surface area contributed by atoms with E-state index in [1.807, 2.05) is 58.0 Å². The highest BCUT2D eigenvalue weighted by Crippen LogP contribution is 2.30. The number of hydrogen-bond acceptors (Lipinski definition) is 5. The third-order valence-corrected chi connectivity index (χ3v) is 6.93. The lowest BCUT2D eigenvalue weighted by molar-refractivity contribution is -0.130. The summed E-state index contributed by atoms with van der Waals surface area (Å²) < 4.78 is 8.15. The molecule has 0 saturated carbocycles. The summed E-state index contributed by atoms with van der Waals surface area (Å²) in [4.78, 5) is 14.8. The maximum atomic E-state index is 12.8. The highest BCUT2D eigenvalue weighted by atomic mass is 32.2. The molecule has 3 aromatic rings. The Morgan fingerprint density at radius 2 is 1.79 bits per heavy atom. The van der Waals surface area contributed by atoms with Gasteiger partial charge in [-0.05, 0) is 29.9 Å². The maximum Gasteiger partial charge on any atom is 0.233 e. The van der Waals surface area contributed by atoms with Crippen molar-refractivity contribution in [2.75, 3.05) is 18.8 Å². The first kappa shape index (κ1) is 24.1. The molecule has 4 rings (SSSR count). The average Bonchev–Trinajstić information content (AvgIpc) is 3.23. The predicted molar refractivity (Wildman–Crippen MR) is 137 cm³/mol. The molecule has 0 spiro atoms. The van der Waals surface area contributed by atoms with E-state index in [2.05, 4.69) is 42.8 Å². The van der Waals surface area contributed by atoms with E-state index in [1.165, 1.54) is 18.2 Å². The van der Waals surface area contributed by atoms with Gasteiger partial charge in [0, 0.05) is 25.2 Å². The monoisotopic (exact) mass is 476 g/mol. The molecule has 1 fully saturated rings. The summed E-state index contributed by atoms with van der Waals surface area (Å²) in [5.74, 6) is 3.10. The van der Waals surface area contributed by atoms with Gasteiger partial charge in [-0.15, -0.1) is 16.8 Å². The van der Waals surface area contributed by atoms with E-state index in [0.717, 1.165) is 30.0 Å². The molecule has 0 bridgehead atoms. The smallest absolute Gasteiger partial charge is 0.233 e. The zero-order valence-corrected chi connectivity index (χ0v) is 20.7. The molecule has 178 valence electrons. The van der Waals surface area contributed by atoms with Gasteiger partial charge in [-0.1, -0.05) is 80.2 Å². The number of amides is 1. The second kappa shape index (κ2) is 11.4. The third-order valence-electron chi connectivity index (χ3n) is 5.98. The van der Waals surface area contributed by atoms with E-state index < -0.39 is 0 Å². The Morgan fingerprint density at radius 1 is 1.09 bits per heavy atom. The summed E-state index contributed by atoms with van der Waals surface area (Å²) >= 11 is 1.43. The minimum absolute atomic E-state index is 0.158. The molecule has 1 saturated heterocycles. The number of hydrogen-bond donors (Lipinski definition) is 0. The van der Waals surface area contributed by atoms with Crippen molar-refractivity contribution in [3.8, 4) is 16.9 Å². The number of thioether (sulfide) groups is 1. The molecule has 2 atom stereocenters. The molecule has 0 unspecified atom stereocenters. The molecular weight excluding hydrogens is 444 g/mol. The number of ether oxygens (including phenoxy) is 1. The highest BCUT2D eigenvalue weighted by molar-refractivity contribution is 7.99. The van der Waals surface area contributed by atoms with Crippen LogP contribution in [-0.2, 0) is 17.9 Å². The van der Waals surface area contributed by atoms with Crippen LogP contribution in [0.3, 0.4) is 0 Å². The standard InChI is InChI=1S/C27H32N4O2S/c1-4-14-31-25(18-33-24-13-9-8-12-23(24)22-10-6-5-7-11-22)28-29-27(31)34-19-26(32)30-16-20(2)15-21(3)17-30/h4-13,20-21H,1,14-19H2,2-3H3/t20-,21-/m1/s1. The fourth-order valence-electron chi connectivity index (χ4n) is 4.52. The summed E-state index contributed by atoms with van der Waals surface area (Å²) in [6, 6.07) is 18.2. The Kier molecular flexibility index (Phi) is 8.06. The number of carbonyl (C=O) groups excluding carboxylic acids is 1. The zero-order valence-electron chi connectivity index (χ0n) is 19.9. The summed E-state index contributed by atoms with van der Waals surface area (Å²) in [6.07, 6.45) is 2.99. The second-order valence-electron chi connectivity index (χ2n) is 8.98. The van der Waals surface area contributed by atoms with Crippen LogP contribution in [0.15, 0.2) is 72.4 Å². The number of piperidine rings is 1. The number of benzene rings is 2. The number of allylic oxidation sites excluding steroid dienone is 1. The van der Waals surface area contributed by atoms with Crippen molar-refractivity contribution in [1.29, 1.82) is 0 Å². The molecule has 0 aliphatic carbocycles. The summed E-state index contributed by atoms with van der Waals surface area (Å²) in [7, 11) is 0. The largest absolute Gasteiger partial charge is 0.485 e. The van der Waals surface area contributed by atoms with Crippen LogP contribution in [0, 0.1) is 11.8 Å². The third kappa shape index (κ3) is 5.89. The van der Waals surface area contributed by atoms with E-state index in [9.17, 15) is 4.79 Å². The van der Waals surface area contributed by atoms with Gasteiger partial charge < -0.3 is 9.64 Å². The van der Waals surface area contributed by atoms with Crippen molar-refractivity contribution in [3.05, 3.63) is 73.1 Å². The van der Waals surface area contributed by atoms with Crippen LogP contribution < -0.4 is 4.74 Å². The van der Waals surface area contributed by atoms with Gasteiger partial charge in [0.25, 0.3) is 0 Å². The first-order valence-electron chi connectivity index (χ1n) is 11.8. The summed E-state index contributed by atoms with van der Waals surface area (Å²) in [5.41, 5.74) is 2.13. The van der Waals surface area contributed by atoms with Crippen LogP contribution >= 0.6 is 11.8 Å². The first-order valence-corrected chi connectivity index (χ1v) is 12.7. The molecule has 0 N–H and O–H groups in total. The van der Waals surface area contributed by atoms with E-state index in [-0.39, 0.29) is 12.5 Å². The van der Waals surface area contributed by atoms with Crippen molar-refractivity contribution in [2.45, 2.75) is 38.6 Å². The molecule has 2 aromatic carbocycles.